The molecule has 0 saturated carbocycles. The highest BCUT2D eigenvalue weighted by atomic mass is 35.5. The van der Waals surface area contributed by atoms with E-state index in [1.54, 1.807) is 18.3 Å². The van der Waals surface area contributed by atoms with Crippen LogP contribution in [0.2, 0.25) is 10.0 Å². The van der Waals surface area contributed by atoms with Crippen molar-refractivity contribution in [3.63, 3.8) is 0 Å². The Labute approximate surface area is 134 Å². The summed E-state index contributed by atoms with van der Waals surface area (Å²) >= 11 is 13.4. The quantitative estimate of drug-likeness (QED) is 0.786. The van der Waals surface area contributed by atoms with Crippen LogP contribution in [0.4, 0.5) is 5.69 Å². The van der Waals surface area contributed by atoms with Gasteiger partial charge in [0.2, 0.25) is 0 Å². The van der Waals surface area contributed by atoms with E-state index >= 15 is 0 Å². The summed E-state index contributed by atoms with van der Waals surface area (Å²) in [6.45, 7) is 0.491. The van der Waals surface area contributed by atoms with Gasteiger partial charge in [-0.3, -0.25) is 0 Å². The molecule has 0 saturated heterocycles. The minimum atomic E-state index is 0.372. The highest BCUT2D eigenvalue weighted by Crippen LogP contribution is 2.35. The van der Waals surface area contributed by atoms with E-state index < -0.39 is 0 Å². The third kappa shape index (κ3) is 2.76. The number of aromatic nitrogens is 3. The molecule has 0 spiro atoms. The van der Waals surface area contributed by atoms with Crippen molar-refractivity contribution >= 4 is 51.7 Å². The molecule has 3 aromatic rings. The summed E-state index contributed by atoms with van der Waals surface area (Å²) in [6.07, 6.45) is 1.60. The summed E-state index contributed by atoms with van der Waals surface area (Å²) in [5.74, 6) is 0. The van der Waals surface area contributed by atoms with E-state index in [1.165, 1.54) is 0 Å². The molecule has 0 fully saturated rings. The maximum atomic E-state index is 8.85. The van der Waals surface area contributed by atoms with E-state index in [0.717, 1.165) is 17.3 Å². The van der Waals surface area contributed by atoms with Gasteiger partial charge in [-0.25, -0.2) is 4.98 Å². The second-order valence-electron chi connectivity index (χ2n) is 4.19. The Hall–Kier alpha value is -1.94. The topological polar surface area (TPSA) is 74.5 Å². The molecule has 0 bridgehead atoms. The molecule has 21 heavy (non-hydrogen) atoms. The Balaban J connectivity index is 1.92. The van der Waals surface area contributed by atoms with Gasteiger partial charge in [-0.2, -0.15) is 14.0 Å². The van der Waals surface area contributed by atoms with Crippen LogP contribution in [0.5, 0.6) is 0 Å². The number of pyridine rings is 1. The van der Waals surface area contributed by atoms with Gasteiger partial charge in [-0.15, -0.1) is 0 Å². The maximum Gasteiger partial charge on any atom is 0.140 e. The number of nitrogens with one attached hydrogen (secondary N) is 1. The molecule has 0 aliphatic heterocycles. The minimum absolute atomic E-state index is 0.372. The van der Waals surface area contributed by atoms with Crippen LogP contribution in [-0.2, 0) is 6.54 Å². The van der Waals surface area contributed by atoms with Crippen LogP contribution >= 0.6 is 34.9 Å². The number of anilines is 1. The van der Waals surface area contributed by atoms with Crippen molar-refractivity contribution in [2.75, 3.05) is 5.32 Å². The zero-order valence-corrected chi connectivity index (χ0v) is 12.8. The van der Waals surface area contributed by atoms with Crippen molar-refractivity contribution < 1.29 is 0 Å². The van der Waals surface area contributed by atoms with Crippen LogP contribution in [0.1, 0.15) is 11.3 Å². The number of halogens is 2. The summed E-state index contributed by atoms with van der Waals surface area (Å²) < 4.78 is 8.37. The van der Waals surface area contributed by atoms with Crippen LogP contribution in [-0.4, -0.2) is 13.7 Å². The third-order valence-electron chi connectivity index (χ3n) is 2.85. The number of fused-ring (bicyclic) bond motifs is 1. The van der Waals surface area contributed by atoms with Crippen molar-refractivity contribution in [2.45, 2.75) is 6.54 Å². The zero-order chi connectivity index (χ0) is 14.8. The normalized spacial score (nSPS) is 10.5. The van der Waals surface area contributed by atoms with Crippen LogP contribution in [0.15, 0.2) is 24.4 Å². The van der Waals surface area contributed by atoms with Crippen molar-refractivity contribution in [3.8, 4) is 6.07 Å². The molecule has 0 radical (unpaired) electrons. The van der Waals surface area contributed by atoms with E-state index in [-0.39, 0.29) is 0 Å². The molecule has 8 heteroatoms. The smallest absolute Gasteiger partial charge is 0.140 e. The van der Waals surface area contributed by atoms with E-state index in [0.29, 0.717) is 39.0 Å². The number of nitrogens with zero attached hydrogens (tertiary/aromatic N) is 4. The second-order valence-corrected chi connectivity index (χ2v) is 5.53. The van der Waals surface area contributed by atoms with E-state index in [4.69, 9.17) is 28.5 Å². The Bertz CT molecular complexity index is 855. The van der Waals surface area contributed by atoms with Gasteiger partial charge in [-0.1, -0.05) is 23.2 Å². The van der Waals surface area contributed by atoms with E-state index in [9.17, 15) is 0 Å². The van der Waals surface area contributed by atoms with Crippen LogP contribution in [0, 0.1) is 11.3 Å². The third-order valence-corrected chi connectivity index (χ3v) is 3.97. The lowest BCUT2D eigenvalue weighted by Gasteiger charge is -2.09. The lowest BCUT2D eigenvalue weighted by atomic mass is 10.2. The molecule has 104 valence electrons. The van der Waals surface area contributed by atoms with Crippen molar-refractivity contribution in [1.29, 1.82) is 5.26 Å². The summed E-state index contributed by atoms with van der Waals surface area (Å²) in [4.78, 5) is 3.93. The van der Waals surface area contributed by atoms with Gasteiger partial charge in [0, 0.05) is 12.7 Å². The number of benzene rings is 1. The summed E-state index contributed by atoms with van der Waals surface area (Å²) in [7, 11) is 0. The molecule has 3 rings (SSSR count). The first-order chi connectivity index (χ1) is 10.2. The van der Waals surface area contributed by atoms with E-state index in [1.807, 2.05) is 12.1 Å². The van der Waals surface area contributed by atoms with Gasteiger partial charge in [-0.05, 0) is 23.8 Å². The summed E-state index contributed by atoms with van der Waals surface area (Å²) in [6, 6.07) is 7.19. The van der Waals surface area contributed by atoms with Gasteiger partial charge < -0.3 is 5.32 Å². The molecule has 5 nitrogen and oxygen atoms in total. The summed E-state index contributed by atoms with van der Waals surface area (Å²) in [5.41, 5.74) is 3.24. The molecule has 2 aromatic heterocycles. The van der Waals surface area contributed by atoms with E-state index in [2.05, 4.69) is 19.0 Å². The predicted molar refractivity (Wildman–Crippen MR) is 83.7 cm³/mol. The zero-order valence-electron chi connectivity index (χ0n) is 10.5. The number of rotatable bonds is 3. The van der Waals surface area contributed by atoms with Gasteiger partial charge in [0.15, 0.2) is 0 Å². The van der Waals surface area contributed by atoms with Crippen LogP contribution in [0.25, 0.3) is 11.0 Å². The Kier molecular flexibility index (Phi) is 3.88. The van der Waals surface area contributed by atoms with Gasteiger partial charge in [0.25, 0.3) is 0 Å². The molecule has 0 amide bonds. The van der Waals surface area contributed by atoms with Crippen molar-refractivity contribution in [2.24, 2.45) is 0 Å². The summed E-state index contributed by atoms with van der Waals surface area (Å²) in [5, 5.41) is 13.0. The lowest BCUT2D eigenvalue weighted by Crippen LogP contribution is -2.02. The molecular weight excluding hydrogens is 329 g/mol. The van der Waals surface area contributed by atoms with Crippen LogP contribution in [0.3, 0.4) is 0 Å². The monoisotopic (exact) mass is 335 g/mol. The largest absolute Gasteiger partial charge is 0.378 e. The molecule has 1 N–H and O–H groups in total. The Morgan fingerprint density at radius 3 is 2.81 bits per heavy atom. The standard InChI is InChI=1S/C13H7Cl2N5S/c14-9-4-10(15)12-13(20-21-19-12)11(9)18-6-7-1-2-17-8(3-7)5-16/h1-4,18H,6H2. The Morgan fingerprint density at radius 1 is 1.19 bits per heavy atom. The maximum absolute atomic E-state index is 8.85. The SMILES string of the molecule is N#Cc1cc(CNc2c(Cl)cc(Cl)c3nsnc23)ccn1. The minimum Gasteiger partial charge on any atom is -0.378 e. The van der Waals surface area contributed by atoms with Crippen molar-refractivity contribution in [1.82, 2.24) is 13.7 Å². The first kappa shape index (κ1) is 14.0. The highest BCUT2D eigenvalue weighted by molar-refractivity contribution is 7.00. The molecule has 0 aliphatic carbocycles. The Morgan fingerprint density at radius 2 is 2.00 bits per heavy atom. The molecule has 1 aromatic carbocycles. The van der Waals surface area contributed by atoms with Gasteiger partial charge in [0.05, 0.1) is 27.5 Å². The number of hydrogen-bond donors (Lipinski definition) is 1. The fourth-order valence-electron chi connectivity index (χ4n) is 1.88. The highest BCUT2D eigenvalue weighted by Gasteiger charge is 2.13. The number of hydrogen-bond acceptors (Lipinski definition) is 6. The van der Waals surface area contributed by atoms with Crippen LogP contribution < -0.4 is 5.32 Å². The van der Waals surface area contributed by atoms with Gasteiger partial charge >= 0.3 is 0 Å². The average Bonchev–Trinajstić information content (AvgIpc) is 2.97. The number of nitriles is 1. The first-order valence-electron chi connectivity index (χ1n) is 5.88. The van der Waals surface area contributed by atoms with Crippen molar-refractivity contribution in [3.05, 3.63) is 45.7 Å². The average molecular weight is 336 g/mol. The first-order valence-corrected chi connectivity index (χ1v) is 7.37. The second kappa shape index (κ2) is 5.82. The molecular formula is C13H7Cl2N5S. The molecule has 0 unspecified atom stereocenters. The molecule has 2 heterocycles. The fourth-order valence-corrected chi connectivity index (χ4v) is 3.06. The van der Waals surface area contributed by atoms with Gasteiger partial charge in [0.1, 0.15) is 22.8 Å². The fraction of sp³-hybridized carbons (Fsp3) is 0.0769. The molecule has 0 atom stereocenters. The predicted octanol–water partition coefficient (Wildman–Crippen LogP) is 3.88. The lowest BCUT2D eigenvalue weighted by molar-refractivity contribution is 1.12. The molecule has 0 aliphatic rings.